The monoisotopic (exact) mass is 310 g/mol. The van der Waals surface area contributed by atoms with E-state index in [1.54, 1.807) is 0 Å². The molecule has 1 aliphatic rings. The molecule has 18 heavy (non-hydrogen) atoms. The maximum atomic E-state index is 3.76. The highest BCUT2D eigenvalue weighted by molar-refractivity contribution is 9.10. The predicted octanol–water partition coefficient (Wildman–Crippen LogP) is 3.58. The molecule has 1 atom stereocenters. The predicted molar refractivity (Wildman–Crippen MR) is 80.8 cm³/mol. The van der Waals surface area contributed by atoms with Gasteiger partial charge in [-0.2, -0.15) is 0 Å². The molecule has 1 fully saturated rings. The summed E-state index contributed by atoms with van der Waals surface area (Å²) in [5.74, 6) is 0. The van der Waals surface area contributed by atoms with E-state index >= 15 is 0 Å². The van der Waals surface area contributed by atoms with Crippen molar-refractivity contribution in [3.63, 3.8) is 0 Å². The number of piperidine rings is 1. The Morgan fingerprint density at radius 2 is 1.89 bits per heavy atom. The van der Waals surface area contributed by atoms with Crippen molar-refractivity contribution < 1.29 is 0 Å². The lowest BCUT2D eigenvalue weighted by molar-refractivity contribution is 0.200. The zero-order chi connectivity index (χ0) is 13.0. The first-order valence-corrected chi connectivity index (χ1v) is 7.72. The average Bonchev–Trinajstić information content (AvgIpc) is 2.40. The highest BCUT2D eigenvalue weighted by atomic mass is 79.9. The summed E-state index contributed by atoms with van der Waals surface area (Å²) in [4.78, 5) is 2.53. The van der Waals surface area contributed by atoms with Crippen molar-refractivity contribution >= 4 is 15.9 Å². The first-order chi connectivity index (χ1) is 8.69. The van der Waals surface area contributed by atoms with Gasteiger partial charge in [-0.25, -0.2) is 0 Å². The molecule has 1 aromatic rings. The molecule has 1 aliphatic heterocycles. The Bertz CT molecular complexity index is 355. The lowest BCUT2D eigenvalue weighted by Crippen LogP contribution is -2.43. The normalized spacial score (nSPS) is 19.9. The molecule has 1 N–H and O–H groups in total. The third-order valence-electron chi connectivity index (χ3n) is 3.89. The van der Waals surface area contributed by atoms with Crippen molar-refractivity contribution in [2.24, 2.45) is 0 Å². The number of nitrogens with zero attached hydrogens (tertiary/aromatic N) is 1. The standard InChI is InChI=1S/C15H23BrN2/c1-3-18-10-8-15(9-11-18)17-12(2)13-4-6-14(16)7-5-13/h4-7,12,15,17H,3,8-11H2,1-2H3/t12-/m0/s1. The maximum absolute atomic E-state index is 3.76. The lowest BCUT2D eigenvalue weighted by atomic mass is 10.0. The Morgan fingerprint density at radius 1 is 1.28 bits per heavy atom. The number of benzene rings is 1. The summed E-state index contributed by atoms with van der Waals surface area (Å²) in [5.41, 5.74) is 1.37. The van der Waals surface area contributed by atoms with Crippen LogP contribution in [-0.2, 0) is 0 Å². The summed E-state index contributed by atoms with van der Waals surface area (Å²) in [5, 5.41) is 3.76. The zero-order valence-corrected chi connectivity index (χ0v) is 12.9. The summed E-state index contributed by atoms with van der Waals surface area (Å²) in [7, 11) is 0. The van der Waals surface area contributed by atoms with Crippen molar-refractivity contribution in [3.05, 3.63) is 34.3 Å². The molecule has 0 aliphatic carbocycles. The minimum atomic E-state index is 0.441. The van der Waals surface area contributed by atoms with E-state index < -0.39 is 0 Å². The first-order valence-electron chi connectivity index (χ1n) is 6.93. The van der Waals surface area contributed by atoms with Crippen LogP contribution in [0.25, 0.3) is 0 Å². The molecule has 0 bridgehead atoms. The largest absolute Gasteiger partial charge is 0.307 e. The molecule has 1 aromatic carbocycles. The highest BCUT2D eigenvalue weighted by Gasteiger charge is 2.19. The third-order valence-corrected chi connectivity index (χ3v) is 4.42. The highest BCUT2D eigenvalue weighted by Crippen LogP contribution is 2.19. The van der Waals surface area contributed by atoms with Crippen molar-refractivity contribution in [1.82, 2.24) is 10.2 Å². The van der Waals surface area contributed by atoms with Gasteiger partial charge in [0.05, 0.1) is 0 Å². The Kier molecular flexibility index (Phi) is 5.22. The van der Waals surface area contributed by atoms with Gasteiger partial charge in [0.1, 0.15) is 0 Å². The molecule has 0 spiro atoms. The van der Waals surface area contributed by atoms with Crippen LogP contribution in [0.2, 0.25) is 0 Å². The van der Waals surface area contributed by atoms with E-state index in [0.29, 0.717) is 12.1 Å². The molecule has 1 heterocycles. The Balaban J connectivity index is 1.84. The van der Waals surface area contributed by atoms with Crippen LogP contribution >= 0.6 is 15.9 Å². The third kappa shape index (κ3) is 3.81. The molecule has 2 nitrogen and oxygen atoms in total. The molecular weight excluding hydrogens is 288 g/mol. The fourth-order valence-corrected chi connectivity index (χ4v) is 2.88. The van der Waals surface area contributed by atoms with Crippen molar-refractivity contribution in [2.45, 2.75) is 38.8 Å². The van der Waals surface area contributed by atoms with Gasteiger partial charge in [-0.3, -0.25) is 0 Å². The molecule has 2 rings (SSSR count). The lowest BCUT2D eigenvalue weighted by Gasteiger charge is -2.33. The van der Waals surface area contributed by atoms with Gasteiger partial charge in [0, 0.05) is 16.6 Å². The first kappa shape index (κ1) is 14.0. The van der Waals surface area contributed by atoms with Crippen LogP contribution in [0.3, 0.4) is 0 Å². The SMILES string of the molecule is CCN1CCC(N[C@@H](C)c2ccc(Br)cc2)CC1. The van der Waals surface area contributed by atoms with Crippen LogP contribution in [0.4, 0.5) is 0 Å². The summed E-state index contributed by atoms with van der Waals surface area (Å²) in [6.45, 7) is 8.17. The van der Waals surface area contributed by atoms with Gasteiger partial charge in [0.25, 0.3) is 0 Å². The minimum Gasteiger partial charge on any atom is -0.307 e. The fourth-order valence-electron chi connectivity index (χ4n) is 2.62. The molecule has 0 radical (unpaired) electrons. The van der Waals surface area contributed by atoms with Crippen molar-refractivity contribution in [3.8, 4) is 0 Å². The van der Waals surface area contributed by atoms with E-state index in [-0.39, 0.29) is 0 Å². The quantitative estimate of drug-likeness (QED) is 0.914. The van der Waals surface area contributed by atoms with E-state index in [0.717, 1.165) is 4.47 Å². The smallest absolute Gasteiger partial charge is 0.0294 e. The van der Waals surface area contributed by atoms with Gasteiger partial charge in [0.15, 0.2) is 0 Å². The Morgan fingerprint density at radius 3 is 2.44 bits per heavy atom. The van der Waals surface area contributed by atoms with Gasteiger partial charge in [-0.05, 0) is 57.1 Å². The molecule has 1 saturated heterocycles. The van der Waals surface area contributed by atoms with Crippen molar-refractivity contribution in [2.75, 3.05) is 19.6 Å². The van der Waals surface area contributed by atoms with E-state index in [1.807, 2.05) is 0 Å². The second-order valence-electron chi connectivity index (χ2n) is 5.15. The fraction of sp³-hybridized carbons (Fsp3) is 0.600. The van der Waals surface area contributed by atoms with E-state index in [9.17, 15) is 0 Å². The number of hydrogen-bond acceptors (Lipinski definition) is 2. The summed E-state index contributed by atoms with van der Waals surface area (Å²) in [6.07, 6.45) is 2.55. The van der Waals surface area contributed by atoms with Crippen molar-refractivity contribution in [1.29, 1.82) is 0 Å². The van der Waals surface area contributed by atoms with Gasteiger partial charge < -0.3 is 10.2 Å². The van der Waals surface area contributed by atoms with Crippen LogP contribution in [0.5, 0.6) is 0 Å². The van der Waals surface area contributed by atoms with E-state index in [4.69, 9.17) is 0 Å². The molecule has 0 amide bonds. The molecule has 0 saturated carbocycles. The molecule has 100 valence electrons. The van der Waals surface area contributed by atoms with Crippen LogP contribution in [0, 0.1) is 0 Å². The second-order valence-corrected chi connectivity index (χ2v) is 6.06. The molecule has 0 aromatic heterocycles. The van der Waals surface area contributed by atoms with E-state index in [1.165, 1.54) is 38.0 Å². The number of hydrogen-bond donors (Lipinski definition) is 1. The van der Waals surface area contributed by atoms with Gasteiger partial charge in [0.2, 0.25) is 0 Å². The summed E-state index contributed by atoms with van der Waals surface area (Å²) in [6, 6.07) is 9.74. The van der Waals surface area contributed by atoms with Crippen LogP contribution < -0.4 is 5.32 Å². The van der Waals surface area contributed by atoms with Gasteiger partial charge in [-0.15, -0.1) is 0 Å². The topological polar surface area (TPSA) is 15.3 Å². The van der Waals surface area contributed by atoms with Crippen LogP contribution in [-0.4, -0.2) is 30.6 Å². The maximum Gasteiger partial charge on any atom is 0.0294 e. The number of rotatable bonds is 4. The summed E-state index contributed by atoms with van der Waals surface area (Å²) >= 11 is 3.48. The number of nitrogens with one attached hydrogen (secondary N) is 1. The van der Waals surface area contributed by atoms with E-state index in [2.05, 4.69) is 64.3 Å². The molecule has 3 heteroatoms. The summed E-state index contributed by atoms with van der Waals surface area (Å²) < 4.78 is 1.15. The van der Waals surface area contributed by atoms with Crippen LogP contribution in [0.1, 0.15) is 38.3 Å². The number of likely N-dealkylation sites (tertiary alicyclic amines) is 1. The number of halogens is 1. The van der Waals surface area contributed by atoms with Crippen LogP contribution in [0.15, 0.2) is 28.7 Å². The Labute approximate surface area is 119 Å². The molecule has 0 unspecified atom stereocenters. The zero-order valence-electron chi connectivity index (χ0n) is 11.3. The second kappa shape index (κ2) is 6.69. The Hall–Kier alpha value is -0.380. The van der Waals surface area contributed by atoms with Gasteiger partial charge in [-0.1, -0.05) is 35.0 Å². The minimum absolute atomic E-state index is 0.441. The molecular formula is C15H23BrN2. The van der Waals surface area contributed by atoms with Gasteiger partial charge >= 0.3 is 0 Å². The average molecular weight is 311 g/mol.